The van der Waals surface area contributed by atoms with Crippen LogP contribution in [0.25, 0.3) is 0 Å². The lowest BCUT2D eigenvalue weighted by atomic mass is 9.84. The fourth-order valence-corrected chi connectivity index (χ4v) is 2.77. The molecule has 1 unspecified atom stereocenters. The fraction of sp³-hybridized carbons (Fsp3) is 0.571. The van der Waals surface area contributed by atoms with Crippen molar-refractivity contribution < 1.29 is 4.79 Å². The van der Waals surface area contributed by atoms with Crippen molar-refractivity contribution in [2.75, 3.05) is 11.9 Å². The van der Waals surface area contributed by atoms with Gasteiger partial charge in [-0.15, -0.1) is 0 Å². The van der Waals surface area contributed by atoms with Crippen LogP contribution in [-0.4, -0.2) is 23.5 Å². The predicted octanol–water partition coefficient (Wildman–Crippen LogP) is 1.50. The lowest BCUT2D eigenvalue weighted by molar-refractivity contribution is 0.0995. The molecule has 0 aromatic carbocycles. The quantitative estimate of drug-likeness (QED) is 0.749. The van der Waals surface area contributed by atoms with Crippen LogP contribution < -0.4 is 16.8 Å². The van der Waals surface area contributed by atoms with Crippen LogP contribution in [0.4, 0.5) is 5.69 Å². The number of nitrogens with zero attached hydrogens (tertiary/aromatic N) is 1. The number of amides is 1. The number of hydrogen-bond acceptors (Lipinski definition) is 4. The Labute approximate surface area is 113 Å². The summed E-state index contributed by atoms with van der Waals surface area (Å²) in [5, 5.41) is 3.42. The minimum Gasteiger partial charge on any atom is -0.381 e. The minimum atomic E-state index is -0.509. The second-order valence-corrected chi connectivity index (χ2v) is 5.18. The maximum Gasteiger partial charge on any atom is 0.267 e. The smallest absolute Gasteiger partial charge is 0.267 e. The SMILES string of the molecule is NCC(Nc1ccnc(C(N)=O)c1)C1CCCCC1. The molecular weight excluding hydrogens is 240 g/mol. The van der Waals surface area contributed by atoms with Crippen LogP contribution in [0, 0.1) is 5.92 Å². The van der Waals surface area contributed by atoms with Gasteiger partial charge < -0.3 is 16.8 Å². The third-order valence-electron chi connectivity index (χ3n) is 3.84. The van der Waals surface area contributed by atoms with E-state index in [1.807, 2.05) is 6.07 Å². The molecule has 5 nitrogen and oxygen atoms in total. The number of anilines is 1. The van der Waals surface area contributed by atoms with Crippen LogP contribution in [0.3, 0.4) is 0 Å². The zero-order chi connectivity index (χ0) is 13.7. The summed E-state index contributed by atoms with van der Waals surface area (Å²) in [7, 11) is 0. The third-order valence-corrected chi connectivity index (χ3v) is 3.84. The number of primary amides is 1. The average molecular weight is 262 g/mol. The molecule has 2 rings (SSSR count). The van der Waals surface area contributed by atoms with Crippen LogP contribution in [0.2, 0.25) is 0 Å². The van der Waals surface area contributed by atoms with Gasteiger partial charge in [-0.05, 0) is 30.9 Å². The van der Waals surface area contributed by atoms with Gasteiger partial charge in [0.1, 0.15) is 5.69 Å². The second kappa shape index (κ2) is 6.52. The molecule has 1 amide bonds. The van der Waals surface area contributed by atoms with Gasteiger partial charge in [0.2, 0.25) is 0 Å². The van der Waals surface area contributed by atoms with Crippen LogP contribution in [0.15, 0.2) is 18.3 Å². The van der Waals surface area contributed by atoms with Gasteiger partial charge in [0.25, 0.3) is 5.91 Å². The van der Waals surface area contributed by atoms with E-state index in [0.717, 1.165) is 5.69 Å². The Bertz CT molecular complexity index is 429. The molecule has 104 valence electrons. The van der Waals surface area contributed by atoms with Crippen molar-refractivity contribution in [1.82, 2.24) is 4.98 Å². The second-order valence-electron chi connectivity index (χ2n) is 5.18. The lowest BCUT2D eigenvalue weighted by Crippen LogP contribution is -2.37. The summed E-state index contributed by atoms with van der Waals surface area (Å²) in [5.41, 5.74) is 12.3. The number of carbonyl (C=O) groups is 1. The monoisotopic (exact) mass is 262 g/mol. The van der Waals surface area contributed by atoms with Gasteiger partial charge in [-0.25, -0.2) is 0 Å². The van der Waals surface area contributed by atoms with E-state index >= 15 is 0 Å². The highest BCUT2D eigenvalue weighted by molar-refractivity contribution is 5.91. The highest BCUT2D eigenvalue weighted by atomic mass is 16.1. The topological polar surface area (TPSA) is 94.0 Å². The zero-order valence-electron chi connectivity index (χ0n) is 11.1. The number of aromatic nitrogens is 1. The Morgan fingerprint density at radius 1 is 1.42 bits per heavy atom. The predicted molar refractivity (Wildman–Crippen MR) is 75.8 cm³/mol. The molecule has 1 saturated carbocycles. The van der Waals surface area contributed by atoms with Gasteiger partial charge in [-0.1, -0.05) is 19.3 Å². The first-order valence-corrected chi connectivity index (χ1v) is 6.93. The van der Waals surface area contributed by atoms with Crippen molar-refractivity contribution in [3.63, 3.8) is 0 Å². The maximum absolute atomic E-state index is 11.1. The third kappa shape index (κ3) is 3.67. The van der Waals surface area contributed by atoms with Crippen molar-refractivity contribution in [2.45, 2.75) is 38.1 Å². The molecule has 1 atom stereocenters. The van der Waals surface area contributed by atoms with Crippen molar-refractivity contribution in [1.29, 1.82) is 0 Å². The van der Waals surface area contributed by atoms with Gasteiger partial charge in [-0.2, -0.15) is 0 Å². The average Bonchev–Trinajstić information content (AvgIpc) is 2.46. The maximum atomic E-state index is 11.1. The standard InChI is InChI=1S/C14H22N4O/c15-9-13(10-4-2-1-3-5-10)18-11-6-7-17-12(8-11)14(16)19/h6-8,10,13H,1-5,9,15H2,(H2,16,19)(H,17,18). The molecule has 0 bridgehead atoms. The Morgan fingerprint density at radius 2 is 2.16 bits per heavy atom. The Morgan fingerprint density at radius 3 is 2.79 bits per heavy atom. The van der Waals surface area contributed by atoms with E-state index < -0.39 is 5.91 Å². The van der Waals surface area contributed by atoms with E-state index in [-0.39, 0.29) is 11.7 Å². The molecule has 1 heterocycles. The summed E-state index contributed by atoms with van der Waals surface area (Å²) in [6.07, 6.45) is 7.94. The fourth-order valence-electron chi connectivity index (χ4n) is 2.77. The lowest BCUT2D eigenvalue weighted by Gasteiger charge is -2.30. The zero-order valence-corrected chi connectivity index (χ0v) is 11.1. The van der Waals surface area contributed by atoms with E-state index in [4.69, 9.17) is 11.5 Å². The number of pyridine rings is 1. The molecule has 1 aliphatic carbocycles. The molecule has 5 N–H and O–H groups in total. The molecule has 1 aliphatic rings. The van der Waals surface area contributed by atoms with Crippen LogP contribution >= 0.6 is 0 Å². The van der Waals surface area contributed by atoms with Crippen molar-refractivity contribution in [3.8, 4) is 0 Å². The summed E-state index contributed by atoms with van der Waals surface area (Å²) >= 11 is 0. The first-order chi connectivity index (χ1) is 9.20. The number of carbonyl (C=O) groups excluding carboxylic acids is 1. The van der Waals surface area contributed by atoms with Gasteiger partial charge in [-0.3, -0.25) is 9.78 Å². The number of rotatable bonds is 5. The Hall–Kier alpha value is -1.62. The van der Waals surface area contributed by atoms with Gasteiger partial charge >= 0.3 is 0 Å². The molecule has 5 heteroatoms. The summed E-state index contributed by atoms with van der Waals surface area (Å²) < 4.78 is 0. The highest BCUT2D eigenvalue weighted by Crippen LogP contribution is 2.27. The molecule has 1 fully saturated rings. The molecule has 0 saturated heterocycles. The summed E-state index contributed by atoms with van der Waals surface area (Å²) in [6, 6.07) is 3.79. The minimum absolute atomic E-state index is 0.253. The molecule has 0 spiro atoms. The van der Waals surface area contributed by atoms with Gasteiger partial charge in [0, 0.05) is 24.5 Å². The van der Waals surface area contributed by atoms with Crippen molar-refractivity contribution in [3.05, 3.63) is 24.0 Å². The molecular formula is C14H22N4O. The molecule has 19 heavy (non-hydrogen) atoms. The largest absolute Gasteiger partial charge is 0.381 e. The summed E-state index contributed by atoms with van der Waals surface area (Å²) in [5.74, 6) is 0.106. The molecule has 0 aliphatic heterocycles. The molecule has 1 aromatic rings. The number of hydrogen-bond donors (Lipinski definition) is 3. The van der Waals surface area contributed by atoms with Crippen LogP contribution in [-0.2, 0) is 0 Å². The van der Waals surface area contributed by atoms with E-state index in [0.29, 0.717) is 12.5 Å². The summed E-state index contributed by atoms with van der Waals surface area (Å²) in [6.45, 7) is 0.596. The van der Waals surface area contributed by atoms with Crippen molar-refractivity contribution >= 4 is 11.6 Å². The summed E-state index contributed by atoms with van der Waals surface area (Å²) in [4.78, 5) is 15.1. The van der Waals surface area contributed by atoms with E-state index in [1.54, 1.807) is 12.3 Å². The van der Waals surface area contributed by atoms with E-state index in [2.05, 4.69) is 10.3 Å². The Kier molecular flexibility index (Phi) is 4.74. The van der Waals surface area contributed by atoms with Crippen molar-refractivity contribution in [2.24, 2.45) is 17.4 Å². The van der Waals surface area contributed by atoms with Crippen LogP contribution in [0.5, 0.6) is 0 Å². The number of nitrogens with one attached hydrogen (secondary N) is 1. The normalized spacial score (nSPS) is 17.9. The van der Waals surface area contributed by atoms with E-state index in [9.17, 15) is 4.79 Å². The number of nitrogens with two attached hydrogens (primary N) is 2. The first kappa shape index (κ1) is 13.8. The van der Waals surface area contributed by atoms with Gasteiger partial charge in [0.15, 0.2) is 0 Å². The van der Waals surface area contributed by atoms with Gasteiger partial charge in [0.05, 0.1) is 0 Å². The molecule has 1 aromatic heterocycles. The molecule has 0 radical (unpaired) electrons. The first-order valence-electron chi connectivity index (χ1n) is 6.93. The highest BCUT2D eigenvalue weighted by Gasteiger charge is 2.22. The van der Waals surface area contributed by atoms with Crippen LogP contribution in [0.1, 0.15) is 42.6 Å². The Balaban J connectivity index is 2.04. The van der Waals surface area contributed by atoms with E-state index in [1.165, 1.54) is 32.1 Å².